The number of hydrogen-bond donors (Lipinski definition) is 0. The largest absolute Gasteiger partial charge is 0.465 e. The molecule has 1 aromatic heterocycles. The summed E-state index contributed by atoms with van der Waals surface area (Å²) in [5, 5.41) is 0. The first kappa shape index (κ1) is 26.4. The number of allylic oxidation sites excluding steroid dienone is 1. The van der Waals surface area contributed by atoms with Crippen molar-refractivity contribution in [3.63, 3.8) is 0 Å². The molecule has 1 atom stereocenters. The van der Waals surface area contributed by atoms with Crippen LogP contribution in [0.25, 0.3) is 6.08 Å². The molecule has 12 heteroatoms. The highest BCUT2D eigenvalue weighted by Gasteiger charge is 2.34. The minimum Gasteiger partial charge on any atom is -0.465 e. The number of carbonyl (C=O) groups excluding carboxylic acids is 2. The number of hydrogen-bond acceptors (Lipinski definition) is 9. The van der Waals surface area contributed by atoms with E-state index < -0.39 is 18.0 Å². The predicted octanol–water partition coefficient (Wildman–Crippen LogP) is 3.84. The van der Waals surface area contributed by atoms with Crippen molar-refractivity contribution in [2.75, 3.05) is 20.5 Å². The molecule has 196 valence electrons. The highest BCUT2D eigenvalue weighted by atomic mass is 79.9. The van der Waals surface area contributed by atoms with E-state index in [0.29, 0.717) is 52.2 Å². The topological polar surface area (TPSA) is 105 Å². The highest BCUT2D eigenvalue weighted by molar-refractivity contribution is 9.11. The van der Waals surface area contributed by atoms with Crippen molar-refractivity contribution in [3.05, 3.63) is 86.9 Å². The molecule has 0 radical (unpaired) electrons. The molecule has 0 aliphatic carbocycles. The van der Waals surface area contributed by atoms with Gasteiger partial charge in [-0.1, -0.05) is 17.4 Å². The van der Waals surface area contributed by atoms with Crippen molar-refractivity contribution >= 4 is 61.2 Å². The molecule has 2 aromatic carbocycles. The number of ether oxygens (including phenoxy) is 4. The van der Waals surface area contributed by atoms with Gasteiger partial charge < -0.3 is 18.9 Å². The predicted molar refractivity (Wildman–Crippen MR) is 146 cm³/mol. The maximum Gasteiger partial charge on any atom is 0.340 e. The van der Waals surface area contributed by atoms with Gasteiger partial charge in [-0.05, 0) is 87.2 Å². The van der Waals surface area contributed by atoms with Crippen molar-refractivity contribution in [1.82, 2.24) is 4.57 Å². The van der Waals surface area contributed by atoms with Crippen LogP contribution in [0.5, 0.6) is 11.5 Å². The zero-order chi connectivity index (χ0) is 27.1. The van der Waals surface area contributed by atoms with E-state index in [0.717, 1.165) is 0 Å². The Morgan fingerprint density at radius 1 is 1.16 bits per heavy atom. The van der Waals surface area contributed by atoms with Gasteiger partial charge in [-0.2, -0.15) is 0 Å². The second-order valence-corrected chi connectivity index (χ2v) is 11.0. The molecular formula is C26H20Br2N2O7S. The number of fused-ring (bicyclic) bond motifs is 2. The maximum atomic E-state index is 13.8. The molecule has 0 amide bonds. The molecule has 5 rings (SSSR count). The molecular weight excluding hydrogens is 644 g/mol. The lowest BCUT2D eigenvalue weighted by Crippen LogP contribution is -2.39. The van der Waals surface area contributed by atoms with Crippen LogP contribution in [0.15, 0.2) is 60.3 Å². The summed E-state index contributed by atoms with van der Waals surface area (Å²) < 4.78 is 24.1. The van der Waals surface area contributed by atoms with E-state index in [4.69, 9.17) is 18.9 Å². The van der Waals surface area contributed by atoms with Gasteiger partial charge in [0, 0.05) is 8.95 Å². The second kappa shape index (κ2) is 10.5. The van der Waals surface area contributed by atoms with E-state index in [1.807, 2.05) is 0 Å². The van der Waals surface area contributed by atoms with Crippen LogP contribution in [0, 0.1) is 0 Å². The normalized spacial score (nSPS) is 16.2. The summed E-state index contributed by atoms with van der Waals surface area (Å²) in [4.78, 5) is 44.0. The second-order valence-electron chi connectivity index (χ2n) is 8.27. The van der Waals surface area contributed by atoms with Gasteiger partial charge in [-0.15, -0.1) is 0 Å². The van der Waals surface area contributed by atoms with Crippen molar-refractivity contribution < 1.29 is 28.5 Å². The standard InChI is InChI=1S/C26H20Br2N2O7S/c1-4-35-25(33)20-12(2)29-26-30(22(20)14-5-6-17-18(10-14)37-11-36-17)23(31)19(38-26)9-13-7-15(27)21(16(28)8-13)24(32)34-3/h5-10,22H,4,11H2,1-3H3/b19-9-. The number of thiazole rings is 1. The van der Waals surface area contributed by atoms with E-state index in [-0.39, 0.29) is 24.5 Å². The molecule has 0 N–H and O–H groups in total. The van der Waals surface area contributed by atoms with Gasteiger partial charge in [-0.3, -0.25) is 9.36 Å². The molecule has 0 spiro atoms. The van der Waals surface area contributed by atoms with Crippen molar-refractivity contribution in [2.45, 2.75) is 19.9 Å². The van der Waals surface area contributed by atoms with Crippen LogP contribution in [0.2, 0.25) is 0 Å². The zero-order valence-corrected chi connectivity index (χ0v) is 24.4. The summed E-state index contributed by atoms with van der Waals surface area (Å²) in [6.07, 6.45) is 1.71. The van der Waals surface area contributed by atoms with Crippen molar-refractivity contribution in [1.29, 1.82) is 0 Å². The number of benzene rings is 2. The summed E-state index contributed by atoms with van der Waals surface area (Å²) in [7, 11) is 1.30. The highest BCUT2D eigenvalue weighted by Crippen LogP contribution is 2.38. The third-order valence-corrected chi connectivity index (χ3v) is 8.21. The molecule has 38 heavy (non-hydrogen) atoms. The fourth-order valence-electron chi connectivity index (χ4n) is 4.31. The van der Waals surface area contributed by atoms with Crippen molar-refractivity contribution in [3.8, 4) is 11.5 Å². The summed E-state index contributed by atoms with van der Waals surface area (Å²) in [5.74, 6) is 0.0753. The maximum absolute atomic E-state index is 13.8. The zero-order valence-electron chi connectivity index (χ0n) is 20.4. The molecule has 0 bridgehead atoms. The number of halogens is 2. The quantitative estimate of drug-likeness (QED) is 0.382. The van der Waals surface area contributed by atoms with Crippen LogP contribution in [0.4, 0.5) is 0 Å². The molecule has 0 saturated heterocycles. The van der Waals surface area contributed by atoms with E-state index in [1.54, 1.807) is 50.3 Å². The van der Waals surface area contributed by atoms with Crippen LogP contribution >= 0.6 is 43.2 Å². The van der Waals surface area contributed by atoms with Gasteiger partial charge in [-0.25, -0.2) is 14.6 Å². The first-order valence-corrected chi connectivity index (χ1v) is 13.8. The van der Waals surface area contributed by atoms with Gasteiger partial charge in [0.25, 0.3) is 5.56 Å². The Bertz CT molecular complexity index is 1680. The minimum atomic E-state index is -0.776. The first-order valence-electron chi connectivity index (χ1n) is 11.4. The molecule has 2 aliphatic heterocycles. The number of methoxy groups -OCH3 is 1. The number of nitrogens with zero attached hydrogens (tertiary/aromatic N) is 2. The molecule has 3 heterocycles. The van der Waals surface area contributed by atoms with Crippen LogP contribution in [0.3, 0.4) is 0 Å². The minimum absolute atomic E-state index is 0.0982. The SMILES string of the molecule is CCOC(=O)C1=C(C)N=c2s/c(=C\c3cc(Br)c(C(=O)OC)c(Br)c3)c(=O)n2C1c1ccc2c(c1)OCO2. The average Bonchev–Trinajstić information content (AvgIpc) is 3.46. The summed E-state index contributed by atoms with van der Waals surface area (Å²) >= 11 is 8.02. The Balaban J connectivity index is 1.69. The Labute approximate surface area is 237 Å². The van der Waals surface area contributed by atoms with E-state index >= 15 is 0 Å². The molecule has 1 unspecified atom stereocenters. The van der Waals surface area contributed by atoms with Gasteiger partial charge in [0.1, 0.15) is 0 Å². The van der Waals surface area contributed by atoms with E-state index in [2.05, 4.69) is 36.9 Å². The monoisotopic (exact) mass is 662 g/mol. The number of rotatable bonds is 5. The molecule has 0 fully saturated rings. The smallest absolute Gasteiger partial charge is 0.340 e. The lowest BCUT2D eigenvalue weighted by Gasteiger charge is -2.24. The number of aromatic nitrogens is 1. The number of esters is 2. The van der Waals surface area contributed by atoms with Gasteiger partial charge in [0.2, 0.25) is 6.79 Å². The van der Waals surface area contributed by atoms with Crippen LogP contribution < -0.4 is 24.4 Å². The molecule has 9 nitrogen and oxygen atoms in total. The summed E-state index contributed by atoms with van der Waals surface area (Å²) in [5.41, 5.74) is 2.08. The average molecular weight is 664 g/mol. The Hall–Kier alpha value is -3.22. The third kappa shape index (κ3) is 4.61. The van der Waals surface area contributed by atoms with Crippen LogP contribution in [0.1, 0.15) is 41.4 Å². The summed E-state index contributed by atoms with van der Waals surface area (Å²) in [6, 6.07) is 7.99. The lowest BCUT2D eigenvalue weighted by atomic mass is 9.95. The Morgan fingerprint density at radius 3 is 2.55 bits per heavy atom. The van der Waals surface area contributed by atoms with Gasteiger partial charge in [0.05, 0.1) is 41.1 Å². The van der Waals surface area contributed by atoms with Gasteiger partial charge in [0.15, 0.2) is 16.3 Å². The molecule has 0 saturated carbocycles. The number of carbonyl (C=O) groups is 2. The van der Waals surface area contributed by atoms with Crippen molar-refractivity contribution in [2.24, 2.45) is 4.99 Å². The lowest BCUT2D eigenvalue weighted by molar-refractivity contribution is -0.139. The van der Waals surface area contributed by atoms with Gasteiger partial charge >= 0.3 is 11.9 Å². The molecule has 2 aliphatic rings. The Morgan fingerprint density at radius 2 is 1.87 bits per heavy atom. The fourth-order valence-corrected chi connectivity index (χ4v) is 6.91. The fraction of sp³-hybridized carbons (Fsp3) is 0.231. The van der Waals surface area contributed by atoms with E-state index in [1.165, 1.54) is 23.0 Å². The Kier molecular flexibility index (Phi) is 7.30. The van der Waals surface area contributed by atoms with Crippen LogP contribution in [-0.4, -0.2) is 37.0 Å². The van der Waals surface area contributed by atoms with Crippen LogP contribution in [-0.2, 0) is 14.3 Å². The third-order valence-electron chi connectivity index (χ3n) is 5.98. The molecule has 3 aromatic rings. The van der Waals surface area contributed by atoms with E-state index in [9.17, 15) is 14.4 Å². The first-order chi connectivity index (χ1) is 18.2. The summed E-state index contributed by atoms with van der Waals surface area (Å²) in [6.45, 7) is 3.73.